The Balaban J connectivity index is 2.51. The molecule has 0 saturated carbocycles. The van der Waals surface area contributed by atoms with Gasteiger partial charge in [0.1, 0.15) is 4.90 Å². The van der Waals surface area contributed by atoms with E-state index in [9.17, 15) is 21.6 Å². The number of aliphatic hydroxyl groups is 1. The zero-order valence-corrected chi connectivity index (χ0v) is 10.7. The molecule has 0 bridgehead atoms. The number of sulfonamides is 1. The number of halogens is 3. The molecule has 110 valence electrons. The Morgan fingerprint density at radius 2 is 2.11 bits per heavy atom. The Morgan fingerprint density at radius 1 is 1.42 bits per heavy atom. The summed E-state index contributed by atoms with van der Waals surface area (Å²) in [6.45, 7) is -0.350. The summed E-state index contributed by atoms with van der Waals surface area (Å²) in [7, 11) is -3.86. The van der Waals surface area contributed by atoms with E-state index in [2.05, 4.69) is 9.82 Å². The molecule has 2 N–H and O–H groups in total. The molecule has 0 atom stereocenters. The topological polar surface area (TPSA) is 84.2 Å². The number of hydrogen-bond donors (Lipinski definition) is 2. The number of nitrogens with zero attached hydrogens (tertiary/aromatic N) is 2. The molecule has 19 heavy (non-hydrogen) atoms. The van der Waals surface area contributed by atoms with Gasteiger partial charge in [0.2, 0.25) is 10.0 Å². The molecule has 10 heteroatoms. The molecule has 6 nitrogen and oxygen atoms in total. The Labute approximate surface area is 108 Å². The second-order valence-electron chi connectivity index (χ2n) is 3.78. The van der Waals surface area contributed by atoms with Crippen LogP contribution < -0.4 is 4.72 Å². The van der Waals surface area contributed by atoms with Crippen LogP contribution in [0.3, 0.4) is 0 Å². The molecule has 0 aromatic carbocycles. The summed E-state index contributed by atoms with van der Waals surface area (Å²) in [6.07, 6.45) is -3.39. The van der Waals surface area contributed by atoms with E-state index in [0.717, 1.165) is 6.20 Å². The fourth-order valence-corrected chi connectivity index (χ4v) is 2.31. The van der Waals surface area contributed by atoms with Gasteiger partial charge in [-0.15, -0.1) is 0 Å². The van der Waals surface area contributed by atoms with Crippen LogP contribution in [0.15, 0.2) is 17.3 Å². The number of aromatic nitrogens is 2. The predicted molar refractivity (Wildman–Crippen MR) is 59.8 cm³/mol. The molecule has 0 aliphatic rings. The maximum atomic E-state index is 11.9. The molecular weight excluding hydrogens is 287 g/mol. The van der Waals surface area contributed by atoms with Crippen LogP contribution in [-0.4, -0.2) is 42.6 Å². The van der Waals surface area contributed by atoms with Crippen molar-refractivity contribution in [1.82, 2.24) is 14.5 Å². The van der Waals surface area contributed by atoms with Gasteiger partial charge in [-0.05, 0) is 6.42 Å². The van der Waals surface area contributed by atoms with Crippen molar-refractivity contribution >= 4 is 10.0 Å². The molecule has 0 aliphatic carbocycles. The fraction of sp³-hybridized carbons (Fsp3) is 0.667. The highest BCUT2D eigenvalue weighted by Crippen LogP contribution is 2.20. The minimum atomic E-state index is -4.29. The molecule has 0 saturated heterocycles. The second kappa shape index (κ2) is 6.35. The van der Waals surface area contributed by atoms with E-state index in [1.807, 2.05) is 0 Å². The lowest BCUT2D eigenvalue weighted by Gasteiger charge is -2.07. The van der Waals surface area contributed by atoms with Gasteiger partial charge in [0, 0.05) is 19.2 Å². The van der Waals surface area contributed by atoms with Crippen LogP contribution in [0.2, 0.25) is 0 Å². The molecule has 0 fully saturated rings. The number of nitrogens with one attached hydrogen (secondary N) is 1. The van der Waals surface area contributed by atoms with Gasteiger partial charge >= 0.3 is 6.18 Å². The van der Waals surface area contributed by atoms with Crippen LogP contribution in [0, 0.1) is 0 Å². The van der Waals surface area contributed by atoms with Crippen molar-refractivity contribution in [2.45, 2.75) is 30.5 Å². The van der Waals surface area contributed by atoms with E-state index in [1.54, 1.807) is 0 Å². The largest absolute Gasteiger partial charge is 0.394 e. The third kappa shape index (κ3) is 5.57. The van der Waals surface area contributed by atoms with E-state index in [1.165, 1.54) is 10.9 Å². The van der Waals surface area contributed by atoms with Gasteiger partial charge in [0.05, 0.1) is 19.3 Å². The van der Waals surface area contributed by atoms with Crippen molar-refractivity contribution in [1.29, 1.82) is 0 Å². The van der Waals surface area contributed by atoms with E-state index in [0.29, 0.717) is 0 Å². The Kier molecular flexibility index (Phi) is 5.32. The molecule has 0 amide bonds. The molecule has 0 unspecified atom stereocenters. The lowest BCUT2D eigenvalue weighted by atomic mass is 10.3. The summed E-state index contributed by atoms with van der Waals surface area (Å²) < 4.78 is 62.2. The average Bonchev–Trinajstić information content (AvgIpc) is 2.73. The van der Waals surface area contributed by atoms with Gasteiger partial charge in [0.15, 0.2) is 0 Å². The van der Waals surface area contributed by atoms with Crippen molar-refractivity contribution in [3.8, 4) is 0 Å². The first-order chi connectivity index (χ1) is 8.74. The zero-order valence-electron chi connectivity index (χ0n) is 9.89. The third-order valence-corrected chi connectivity index (χ3v) is 3.59. The molecular formula is C9H14F3N3O3S. The first-order valence-corrected chi connectivity index (χ1v) is 6.93. The number of hydrogen-bond acceptors (Lipinski definition) is 4. The van der Waals surface area contributed by atoms with Gasteiger partial charge < -0.3 is 5.11 Å². The lowest BCUT2D eigenvalue weighted by molar-refractivity contribution is -0.135. The first kappa shape index (κ1) is 15.9. The van der Waals surface area contributed by atoms with Crippen molar-refractivity contribution < 1.29 is 26.7 Å². The Hall–Kier alpha value is -1.13. The molecule has 0 aliphatic heterocycles. The predicted octanol–water partition coefficient (Wildman–Crippen LogP) is 0.496. The fourth-order valence-electron chi connectivity index (χ4n) is 1.29. The molecule has 1 rings (SSSR count). The van der Waals surface area contributed by atoms with Crippen LogP contribution >= 0.6 is 0 Å². The SMILES string of the molecule is O=S(=O)(NCCCC(F)(F)F)c1cnn(CCO)c1. The van der Waals surface area contributed by atoms with Gasteiger partial charge in [0.25, 0.3) is 0 Å². The second-order valence-corrected chi connectivity index (χ2v) is 5.55. The third-order valence-electron chi connectivity index (χ3n) is 2.18. The smallest absolute Gasteiger partial charge is 0.389 e. The average molecular weight is 301 g/mol. The Bertz CT molecular complexity index is 498. The van der Waals surface area contributed by atoms with Gasteiger partial charge in [-0.1, -0.05) is 0 Å². The van der Waals surface area contributed by atoms with Crippen LogP contribution in [0.5, 0.6) is 0 Å². The maximum absolute atomic E-state index is 11.9. The summed E-state index contributed by atoms with van der Waals surface area (Å²) >= 11 is 0. The highest BCUT2D eigenvalue weighted by Gasteiger charge is 2.26. The van der Waals surface area contributed by atoms with Crippen LogP contribution in [-0.2, 0) is 16.6 Å². The molecule has 1 heterocycles. The zero-order chi connectivity index (χ0) is 14.5. The van der Waals surface area contributed by atoms with E-state index in [4.69, 9.17) is 5.11 Å². The summed E-state index contributed by atoms with van der Waals surface area (Å²) in [6, 6.07) is 0. The normalized spacial score (nSPS) is 12.8. The molecule has 1 aromatic rings. The summed E-state index contributed by atoms with van der Waals surface area (Å²) in [5.74, 6) is 0. The summed E-state index contributed by atoms with van der Waals surface area (Å²) in [5, 5.41) is 12.3. The summed E-state index contributed by atoms with van der Waals surface area (Å²) in [4.78, 5) is -0.145. The quantitative estimate of drug-likeness (QED) is 0.718. The van der Waals surface area contributed by atoms with Crippen LogP contribution in [0.25, 0.3) is 0 Å². The van der Waals surface area contributed by atoms with E-state index in [-0.39, 0.29) is 31.0 Å². The van der Waals surface area contributed by atoms with Crippen molar-refractivity contribution in [2.24, 2.45) is 0 Å². The van der Waals surface area contributed by atoms with Gasteiger partial charge in [-0.25, -0.2) is 13.1 Å². The molecule has 0 spiro atoms. The number of aliphatic hydroxyl groups excluding tert-OH is 1. The minimum Gasteiger partial charge on any atom is -0.394 e. The lowest BCUT2D eigenvalue weighted by Crippen LogP contribution is -2.25. The van der Waals surface area contributed by atoms with Crippen LogP contribution in [0.4, 0.5) is 13.2 Å². The maximum Gasteiger partial charge on any atom is 0.389 e. The highest BCUT2D eigenvalue weighted by molar-refractivity contribution is 7.89. The van der Waals surface area contributed by atoms with Crippen LogP contribution in [0.1, 0.15) is 12.8 Å². The Morgan fingerprint density at radius 3 is 2.68 bits per heavy atom. The highest BCUT2D eigenvalue weighted by atomic mass is 32.2. The van der Waals surface area contributed by atoms with Crippen molar-refractivity contribution in [3.63, 3.8) is 0 Å². The molecule has 1 aromatic heterocycles. The van der Waals surface area contributed by atoms with E-state index >= 15 is 0 Å². The number of alkyl halides is 3. The van der Waals surface area contributed by atoms with Crippen molar-refractivity contribution in [3.05, 3.63) is 12.4 Å². The minimum absolute atomic E-state index is 0.142. The van der Waals surface area contributed by atoms with E-state index < -0.39 is 22.6 Å². The molecule has 0 radical (unpaired) electrons. The number of rotatable bonds is 7. The standard InChI is InChI=1S/C9H14F3N3O3S/c10-9(11,12)2-1-3-14-19(17,18)8-6-13-15(7-8)4-5-16/h6-7,14,16H,1-5H2. The first-order valence-electron chi connectivity index (χ1n) is 5.44. The van der Waals surface area contributed by atoms with Crippen molar-refractivity contribution in [2.75, 3.05) is 13.2 Å². The monoisotopic (exact) mass is 301 g/mol. The van der Waals surface area contributed by atoms with Gasteiger partial charge in [-0.3, -0.25) is 4.68 Å². The summed E-state index contributed by atoms with van der Waals surface area (Å²) in [5.41, 5.74) is 0. The van der Waals surface area contributed by atoms with Gasteiger partial charge in [-0.2, -0.15) is 18.3 Å².